The summed E-state index contributed by atoms with van der Waals surface area (Å²) in [5, 5.41) is 8.44. The van der Waals surface area contributed by atoms with Crippen LogP contribution >= 0.6 is 0 Å². The van der Waals surface area contributed by atoms with Crippen molar-refractivity contribution in [2.45, 2.75) is 199 Å². The van der Waals surface area contributed by atoms with Crippen molar-refractivity contribution in [3.63, 3.8) is 0 Å². The fourth-order valence-corrected chi connectivity index (χ4v) is 10.7. The number of rotatable bonds is 15. The van der Waals surface area contributed by atoms with Gasteiger partial charge in [-0.1, -0.05) is 214 Å². The molecule has 4 aliphatic rings. The molecular weight excluding hydrogens is 841 g/mol. The van der Waals surface area contributed by atoms with E-state index in [-0.39, 0.29) is 0 Å². The van der Waals surface area contributed by atoms with Gasteiger partial charge in [0.15, 0.2) is 0 Å². The smallest absolute Gasteiger partial charge is 0.303 e. The number of aliphatic carboxylic acids is 1. The molecule has 4 aromatic carbocycles. The first-order chi connectivity index (χ1) is 33.3. The van der Waals surface area contributed by atoms with Crippen molar-refractivity contribution in [1.29, 1.82) is 0 Å². The number of hydrogen-bond donors (Lipinski definition) is 1. The topological polar surface area (TPSA) is 106 Å². The van der Waals surface area contributed by atoms with Crippen molar-refractivity contribution in [2.24, 2.45) is 11.8 Å². The second-order valence-electron chi connectivity index (χ2n) is 19.8. The molecule has 4 fully saturated rings. The summed E-state index contributed by atoms with van der Waals surface area (Å²) in [5.41, 5.74) is 9.94. The number of carbonyl (C=O) groups is 5. The monoisotopic (exact) mass is 925 g/mol. The van der Waals surface area contributed by atoms with Gasteiger partial charge in [-0.2, -0.15) is 0 Å². The van der Waals surface area contributed by atoms with Crippen LogP contribution in [0.4, 0.5) is 0 Å². The third kappa shape index (κ3) is 20.7. The van der Waals surface area contributed by atoms with E-state index >= 15 is 0 Å². The molecule has 4 aliphatic carbocycles. The summed E-state index contributed by atoms with van der Waals surface area (Å²) >= 11 is 0. The Labute approximate surface area is 410 Å². The molecule has 0 aliphatic heterocycles. The Balaban J connectivity index is 0.000000189. The van der Waals surface area contributed by atoms with Gasteiger partial charge in [-0.3, -0.25) is 24.0 Å². The van der Waals surface area contributed by atoms with Crippen LogP contribution in [0.5, 0.6) is 0 Å². The molecule has 0 unspecified atom stereocenters. The van der Waals surface area contributed by atoms with Crippen molar-refractivity contribution < 1.29 is 29.1 Å². The lowest BCUT2D eigenvalue weighted by atomic mass is 9.83. The van der Waals surface area contributed by atoms with Crippen LogP contribution in [0, 0.1) is 11.8 Å². The van der Waals surface area contributed by atoms with Gasteiger partial charge in [0, 0.05) is 28.7 Å². The predicted molar refractivity (Wildman–Crippen MR) is 281 cm³/mol. The highest BCUT2D eigenvalue weighted by molar-refractivity contribution is 5.78. The van der Waals surface area contributed by atoms with Gasteiger partial charge in [0.05, 0.1) is 0 Å². The summed E-state index contributed by atoms with van der Waals surface area (Å²) in [4.78, 5) is 53.0. The highest BCUT2D eigenvalue weighted by Crippen LogP contribution is 2.35. The van der Waals surface area contributed by atoms with Crippen LogP contribution in [0.15, 0.2) is 91.0 Å². The molecule has 6 nitrogen and oxygen atoms in total. The zero-order valence-corrected chi connectivity index (χ0v) is 41.9. The number of aldehydes is 4. The molecule has 0 bridgehead atoms. The van der Waals surface area contributed by atoms with E-state index in [0.717, 1.165) is 110 Å². The molecule has 0 heterocycles. The maximum absolute atomic E-state index is 11.0. The minimum Gasteiger partial charge on any atom is -0.481 e. The first kappa shape index (κ1) is 55.6. The molecule has 0 spiro atoms. The lowest BCUT2D eigenvalue weighted by Gasteiger charge is -2.22. The normalized spacial score (nSPS) is 16.6. The van der Waals surface area contributed by atoms with E-state index in [1.54, 1.807) is 12.1 Å². The summed E-state index contributed by atoms with van der Waals surface area (Å²) in [7, 11) is 0. The Kier molecular flexibility index (Phi) is 27.4. The largest absolute Gasteiger partial charge is 0.481 e. The van der Waals surface area contributed by atoms with E-state index in [1.807, 2.05) is 48.5 Å². The number of carboxylic acid groups (broad SMARTS) is 1. The van der Waals surface area contributed by atoms with E-state index in [9.17, 15) is 24.0 Å². The molecule has 1 N–H and O–H groups in total. The minimum atomic E-state index is -0.647. The Morgan fingerprint density at radius 1 is 0.500 bits per heavy atom. The molecule has 0 aromatic heterocycles. The molecule has 0 atom stereocenters. The van der Waals surface area contributed by atoms with Gasteiger partial charge in [0.1, 0.15) is 25.1 Å². The highest BCUT2D eigenvalue weighted by Gasteiger charge is 2.19. The molecule has 0 radical (unpaired) electrons. The Morgan fingerprint density at radius 2 is 0.956 bits per heavy atom. The van der Waals surface area contributed by atoms with Gasteiger partial charge in [-0.15, -0.1) is 0 Å². The van der Waals surface area contributed by atoms with Crippen molar-refractivity contribution in [3.05, 3.63) is 141 Å². The van der Waals surface area contributed by atoms with Crippen LogP contribution in [-0.4, -0.2) is 36.2 Å². The molecule has 4 saturated carbocycles. The molecule has 8 rings (SSSR count). The second kappa shape index (κ2) is 33.5. The second-order valence-corrected chi connectivity index (χ2v) is 19.8. The molecule has 68 heavy (non-hydrogen) atoms. The van der Waals surface area contributed by atoms with Gasteiger partial charge < -0.3 is 5.11 Å². The summed E-state index contributed by atoms with van der Waals surface area (Å²) in [6.45, 7) is 4.29. The number of carbonyl (C=O) groups excluding carboxylic acids is 4. The van der Waals surface area contributed by atoms with Gasteiger partial charge in [-0.05, 0) is 109 Å². The fraction of sp³-hybridized carbons (Fsp3) is 0.532. The zero-order chi connectivity index (χ0) is 48.6. The summed E-state index contributed by atoms with van der Waals surface area (Å²) in [6, 6.07) is 29.9. The fourth-order valence-electron chi connectivity index (χ4n) is 10.7. The van der Waals surface area contributed by atoms with Crippen LogP contribution in [0.25, 0.3) is 0 Å². The number of carboxylic acids is 1. The van der Waals surface area contributed by atoms with E-state index in [2.05, 4.69) is 44.2 Å². The molecule has 6 heteroatoms. The quantitative estimate of drug-likeness (QED) is 0.119. The first-order valence-electron chi connectivity index (χ1n) is 26.7. The minimum absolute atomic E-state index is 0.358. The number of hydrogen-bond acceptors (Lipinski definition) is 5. The van der Waals surface area contributed by atoms with Gasteiger partial charge in [-0.25, -0.2) is 0 Å². The van der Waals surface area contributed by atoms with Crippen molar-refractivity contribution in [3.8, 4) is 0 Å². The Morgan fingerprint density at radius 3 is 1.43 bits per heavy atom. The van der Waals surface area contributed by atoms with Crippen molar-refractivity contribution in [2.75, 3.05) is 0 Å². The van der Waals surface area contributed by atoms with Gasteiger partial charge in [0.25, 0.3) is 0 Å². The van der Waals surface area contributed by atoms with Gasteiger partial charge in [0.2, 0.25) is 0 Å². The molecular formula is C62H84O6. The average molecular weight is 925 g/mol. The number of aryl methyl sites for hydroxylation is 2. The summed E-state index contributed by atoms with van der Waals surface area (Å²) < 4.78 is 0. The molecule has 0 saturated heterocycles. The van der Waals surface area contributed by atoms with Crippen LogP contribution in [0.3, 0.4) is 0 Å². The lowest BCUT2D eigenvalue weighted by molar-refractivity contribution is -0.137. The van der Waals surface area contributed by atoms with Crippen LogP contribution in [0.2, 0.25) is 0 Å². The zero-order valence-electron chi connectivity index (χ0n) is 41.9. The Hall–Kier alpha value is -4.97. The molecule has 368 valence electrons. The van der Waals surface area contributed by atoms with Crippen molar-refractivity contribution in [1.82, 2.24) is 0 Å². The third-order valence-corrected chi connectivity index (χ3v) is 14.7. The average Bonchev–Trinajstić information content (AvgIpc) is 3.40. The lowest BCUT2D eigenvalue weighted by Crippen LogP contribution is -2.10. The summed E-state index contributed by atoms with van der Waals surface area (Å²) in [5.74, 6) is 2.46. The van der Waals surface area contributed by atoms with Crippen LogP contribution in [0.1, 0.15) is 249 Å². The first-order valence-corrected chi connectivity index (χ1v) is 26.7. The van der Waals surface area contributed by atoms with E-state index < -0.39 is 5.97 Å². The van der Waals surface area contributed by atoms with Crippen molar-refractivity contribution >= 4 is 31.1 Å². The highest BCUT2D eigenvalue weighted by atomic mass is 16.4. The van der Waals surface area contributed by atoms with E-state index in [4.69, 9.17) is 5.11 Å². The predicted octanol–water partition coefficient (Wildman–Crippen LogP) is 16.6. The maximum atomic E-state index is 11.0. The maximum Gasteiger partial charge on any atom is 0.303 e. The van der Waals surface area contributed by atoms with Crippen LogP contribution in [-0.2, 0) is 24.1 Å². The Bertz CT molecular complexity index is 2030. The summed E-state index contributed by atoms with van der Waals surface area (Å²) in [6.07, 6.45) is 37.4. The molecule has 0 amide bonds. The molecule has 4 aromatic rings. The van der Waals surface area contributed by atoms with Crippen LogP contribution < -0.4 is 0 Å². The SMILES string of the molecule is CCCc1cc(C2CCCCC2)ccc1C=O.CCc1cc(C2CCCCC2)ccc1C=O.O=C(O)CCCC1CCCCC1.O=Cc1ccccc1.O=Cc1ccccc1CC1CCCCC1. The number of benzene rings is 4. The third-order valence-electron chi connectivity index (χ3n) is 14.7. The van der Waals surface area contributed by atoms with E-state index in [1.165, 1.54) is 156 Å². The van der Waals surface area contributed by atoms with E-state index in [0.29, 0.717) is 6.42 Å². The standard InChI is InChI=1S/C16H22O.C15H20O.C14H18O.C10H18O2.C7H6O/c1-2-6-14-11-15(9-10-16(14)12-17)13-7-4-3-5-8-13;1-2-12-10-14(8-9-15(12)11-16)13-6-4-3-5-7-13;15-11-14-9-5-4-8-13(14)10-12-6-2-1-3-7-12;11-10(12)8-4-7-9-5-2-1-3-6-9;8-6-7-4-2-1-3-5-7/h9-13H,2-8H2,1H3;8-11,13H,2-7H2,1H3;4-5,8-9,11-12H,1-3,6-7,10H2;9H,1-8H2,(H,11,12);1-6H. The van der Waals surface area contributed by atoms with Gasteiger partial charge >= 0.3 is 5.97 Å².